The molecule has 0 radical (unpaired) electrons. The molecule has 0 aromatic heterocycles. The molecular formula is C25H33N3O3S. The van der Waals surface area contributed by atoms with Crippen LogP contribution >= 0.6 is 0 Å². The number of rotatable bonds is 9. The van der Waals surface area contributed by atoms with Crippen molar-refractivity contribution in [1.29, 1.82) is 0 Å². The molecule has 32 heavy (non-hydrogen) atoms. The van der Waals surface area contributed by atoms with Gasteiger partial charge in [-0.15, -0.1) is 0 Å². The van der Waals surface area contributed by atoms with E-state index in [0.717, 1.165) is 25.9 Å². The van der Waals surface area contributed by atoms with E-state index in [1.165, 1.54) is 34.3 Å². The van der Waals surface area contributed by atoms with Crippen molar-refractivity contribution in [2.45, 2.75) is 43.5 Å². The number of likely N-dealkylation sites (tertiary alicyclic amines) is 1. The van der Waals surface area contributed by atoms with Crippen molar-refractivity contribution >= 4 is 15.8 Å². The SMILES string of the molecule is Cc1ccc(C(CNCC(=O)c2cccc(S(=O)(=O)N3CCCC3)c2)N2CCCC2)cc1. The summed E-state index contributed by atoms with van der Waals surface area (Å²) in [5.74, 6) is -0.0902. The molecule has 0 bridgehead atoms. The Labute approximate surface area is 191 Å². The highest BCUT2D eigenvalue weighted by Crippen LogP contribution is 2.25. The van der Waals surface area contributed by atoms with Gasteiger partial charge in [-0.1, -0.05) is 42.0 Å². The molecular weight excluding hydrogens is 422 g/mol. The minimum atomic E-state index is -3.53. The average molecular weight is 456 g/mol. The molecule has 1 unspecified atom stereocenters. The molecule has 2 aliphatic rings. The van der Waals surface area contributed by atoms with Gasteiger partial charge in [0.1, 0.15) is 0 Å². The van der Waals surface area contributed by atoms with E-state index in [0.29, 0.717) is 25.2 Å². The van der Waals surface area contributed by atoms with Gasteiger partial charge in [0.15, 0.2) is 5.78 Å². The van der Waals surface area contributed by atoms with E-state index < -0.39 is 10.0 Å². The maximum absolute atomic E-state index is 12.8. The fourth-order valence-electron chi connectivity index (χ4n) is 4.63. The van der Waals surface area contributed by atoms with Crippen LogP contribution in [0, 0.1) is 6.92 Å². The Morgan fingerprint density at radius 1 is 0.969 bits per heavy atom. The molecule has 0 spiro atoms. The number of benzene rings is 2. The fraction of sp³-hybridized carbons (Fsp3) is 0.480. The van der Waals surface area contributed by atoms with Gasteiger partial charge in [0.25, 0.3) is 0 Å². The first-order chi connectivity index (χ1) is 15.4. The lowest BCUT2D eigenvalue weighted by atomic mass is 10.0. The van der Waals surface area contributed by atoms with E-state index >= 15 is 0 Å². The number of nitrogens with zero attached hydrogens (tertiary/aromatic N) is 2. The zero-order valence-electron chi connectivity index (χ0n) is 18.8. The summed E-state index contributed by atoms with van der Waals surface area (Å²) in [6.45, 7) is 6.21. The summed E-state index contributed by atoms with van der Waals surface area (Å²) < 4.78 is 27.2. The average Bonchev–Trinajstić information content (AvgIpc) is 3.52. The van der Waals surface area contributed by atoms with Gasteiger partial charge in [-0.05, 0) is 63.4 Å². The lowest BCUT2D eigenvalue weighted by molar-refractivity contribution is 0.0987. The Hall–Kier alpha value is -2.06. The number of hydrogen-bond acceptors (Lipinski definition) is 5. The Morgan fingerprint density at radius 2 is 1.62 bits per heavy atom. The van der Waals surface area contributed by atoms with Crippen molar-refractivity contribution in [2.75, 3.05) is 39.3 Å². The third-order valence-electron chi connectivity index (χ3n) is 6.53. The second-order valence-electron chi connectivity index (χ2n) is 8.86. The summed E-state index contributed by atoms with van der Waals surface area (Å²) >= 11 is 0. The van der Waals surface area contributed by atoms with Crippen LogP contribution in [0.25, 0.3) is 0 Å². The molecule has 2 aromatic carbocycles. The zero-order chi connectivity index (χ0) is 22.6. The van der Waals surface area contributed by atoms with Crippen LogP contribution in [-0.2, 0) is 10.0 Å². The third kappa shape index (κ3) is 5.29. The summed E-state index contributed by atoms with van der Waals surface area (Å²) in [5, 5.41) is 3.34. The number of carbonyl (C=O) groups excluding carboxylic acids is 1. The van der Waals surface area contributed by atoms with Crippen molar-refractivity contribution in [2.24, 2.45) is 0 Å². The van der Waals surface area contributed by atoms with E-state index in [-0.39, 0.29) is 23.3 Å². The van der Waals surface area contributed by atoms with Crippen molar-refractivity contribution in [3.05, 3.63) is 65.2 Å². The Morgan fingerprint density at radius 3 is 2.31 bits per heavy atom. The molecule has 2 fully saturated rings. The third-order valence-corrected chi connectivity index (χ3v) is 8.42. The molecule has 0 saturated carbocycles. The molecule has 2 saturated heterocycles. The molecule has 0 amide bonds. The number of hydrogen-bond donors (Lipinski definition) is 1. The van der Waals surface area contributed by atoms with E-state index in [4.69, 9.17) is 0 Å². The largest absolute Gasteiger partial charge is 0.308 e. The summed E-state index contributed by atoms with van der Waals surface area (Å²) in [7, 11) is -3.53. The molecule has 0 aliphatic carbocycles. The molecule has 7 heteroatoms. The van der Waals surface area contributed by atoms with E-state index in [2.05, 4.69) is 41.4 Å². The Kier molecular flexibility index (Phi) is 7.40. The predicted octanol–water partition coefficient (Wildman–Crippen LogP) is 3.39. The molecule has 172 valence electrons. The van der Waals surface area contributed by atoms with Gasteiger partial charge in [-0.25, -0.2) is 8.42 Å². The maximum atomic E-state index is 12.8. The topological polar surface area (TPSA) is 69.7 Å². The highest BCUT2D eigenvalue weighted by molar-refractivity contribution is 7.89. The van der Waals surface area contributed by atoms with Gasteiger partial charge in [0.05, 0.1) is 11.4 Å². The van der Waals surface area contributed by atoms with Gasteiger partial charge in [0.2, 0.25) is 10.0 Å². The standard InChI is InChI=1S/C25H33N3O3S/c1-20-9-11-21(12-10-20)24(27-13-2-3-14-27)18-26-19-25(29)22-7-6-8-23(17-22)32(30,31)28-15-4-5-16-28/h6-12,17,24,26H,2-5,13-16,18-19H2,1H3. The number of carbonyl (C=O) groups is 1. The molecule has 1 atom stereocenters. The van der Waals surface area contributed by atoms with Crippen molar-refractivity contribution in [3.8, 4) is 0 Å². The van der Waals surface area contributed by atoms with E-state index in [1.54, 1.807) is 18.2 Å². The van der Waals surface area contributed by atoms with Gasteiger partial charge in [-0.3, -0.25) is 9.69 Å². The van der Waals surface area contributed by atoms with Gasteiger partial charge < -0.3 is 5.32 Å². The lowest BCUT2D eigenvalue weighted by Crippen LogP contribution is -2.36. The minimum Gasteiger partial charge on any atom is -0.308 e. The minimum absolute atomic E-state index is 0.0902. The summed E-state index contributed by atoms with van der Waals surface area (Å²) in [6.07, 6.45) is 4.20. The Balaban J connectivity index is 1.41. The van der Waals surface area contributed by atoms with Crippen molar-refractivity contribution < 1.29 is 13.2 Å². The Bertz CT molecular complexity index is 1020. The highest BCUT2D eigenvalue weighted by atomic mass is 32.2. The molecule has 6 nitrogen and oxygen atoms in total. The van der Waals surface area contributed by atoms with Crippen LogP contribution in [0.1, 0.15) is 53.2 Å². The molecule has 2 aromatic rings. The number of sulfonamides is 1. The summed E-state index contributed by atoms with van der Waals surface area (Å²) in [4.78, 5) is 15.5. The lowest BCUT2D eigenvalue weighted by Gasteiger charge is -2.28. The number of nitrogens with one attached hydrogen (secondary N) is 1. The monoisotopic (exact) mass is 455 g/mol. The summed E-state index contributed by atoms with van der Waals surface area (Å²) in [5.41, 5.74) is 2.93. The quantitative estimate of drug-likeness (QED) is 0.587. The second-order valence-corrected chi connectivity index (χ2v) is 10.8. The highest BCUT2D eigenvalue weighted by Gasteiger charge is 2.28. The first kappa shape index (κ1) is 23.1. The van der Waals surface area contributed by atoms with Crippen molar-refractivity contribution in [3.63, 3.8) is 0 Å². The normalized spacial score (nSPS) is 18.8. The van der Waals surface area contributed by atoms with Crippen LogP contribution < -0.4 is 5.32 Å². The second kappa shape index (κ2) is 10.3. The van der Waals surface area contributed by atoms with Gasteiger partial charge in [0, 0.05) is 31.2 Å². The smallest absolute Gasteiger partial charge is 0.243 e. The van der Waals surface area contributed by atoms with Crippen LogP contribution in [0.3, 0.4) is 0 Å². The van der Waals surface area contributed by atoms with Crippen LogP contribution in [0.4, 0.5) is 0 Å². The van der Waals surface area contributed by atoms with Crippen LogP contribution in [0.2, 0.25) is 0 Å². The fourth-order valence-corrected chi connectivity index (χ4v) is 6.20. The number of Topliss-reactive ketones (excluding diaryl/α,β-unsaturated/α-hetero) is 1. The van der Waals surface area contributed by atoms with Crippen LogP contribution in [-0.4, -0.2) is 62.7 Å². The summed E-state index contributed by atoms with van der Waals surface area (Å²) in [6, 6.07) is 15.3. The molecule has 1 N–H and O–H groups in total. The van der Waals surface area contributed by atoms with Crippen molar-refractivity contribution in [1.82, 2.24) is 14.5 Å². The van der Waals surface area contributed by atoms with Crippen LogP contribution in [0.5, 0.6) is 0 Å². The van der Waals surface area contributed by atoms with Crippen LogP contribution in [0.15, 0.2) is 53.4 Å². The number of ketones is 1. The molecule has 2 aliphatic heterocycles. The maximum Gasteiger partial charge on any atom is 0.243 e. The molecule has 4 rings (SSSR count). The van der Waals surface area contributed by atoms with E-state index in [9.17, 15) is 13.2 Å². The van der Waals surface area contributed by atoms with E-state index in [1.807, 2.05) is 0 Å². The predicted molar refractivity (Wildman–Crippen MR) is 126 cm³/mol. The first-order valence-electron chi connectivity index (χ1n) is 11.6. The molecule has 2 heterocycles. The zero-order valence-corrected chi connectivity index (χ0v) is 19.6. The van der Waals surface area contributed by atoms with Gasteiger partial charge in [-0.2, -0.15) is 4.31 Å². The van der Waals surface area contributed by atoms with Gasteiger partial charge >= 0.3 is 0 Å². The first-order valence-corrected chi connectivity index (χ1v) is 13.0. The number of aryl methyl sites for hydroxylation is 1.